The molecule has 0 aliphatic rings. The number of carboxylic acid groups (broad SMARTS) is 1. The van der Waals surface area contributed by atoms with Crippen molar-refractivity contribution in [1.82, 2.24) is 0 Å². The van der Waals surface area contributed by atoms with Crippen LogP contribution in [0.1, 0.15) is 11.1 Å². The molecule has 0 bridgehead atoms. The standard InChI is InChI=1S/C22H13F9O5S2/c23-15-5-11-18(12-6-15)37(36-38(34,35)22(30,31)19(32)33,16-7-1-13(2-8-16)20(24,25)26)17-9-3-14(4-10-17)21(27,28)29/h1-12H,(H,32,33). The highest BCUT2D eigenvalue weighted by Crippen LogP contribution is 2.70. The van der Waals surface area contributed by atoms with Crippen molar-refractivity contribution in [2.45, 2.75) is 32.3 Å². The molecule has 0 spiro atoms. The number of alkyl halides is 8. The van der Waals surface area contributed by atoms with Crippen molar-refractivity contribution < 1.29 is 61.5 Å². The molecule has 5 nitrogen and oxygen atoms in total. The lowest BCUT2D eigenvalue weighted by molar-refractivity contribution is -0.154. The fraction of sp³-hybridized carbons (Fsp3) is 0.136. The molecule has 0 aromatic heterocycles. The second-order valence-electron chi connectivity index (χ2n) is 7.40. The minimum absolute atomic E-state index is 0.427. The molecule has 3 aromatic carbocycles. The van der Waals surface area contributed by atoms with Crippen LogP contribution in [0, 0.1) is 5.82 Å². The molecule has 0 radical (unpaired) electrons. The molecule has 0 amide bonds. The van der Waals surface area contributed by atoms with Crippen LogP contribution in [-0.4, -0.2) is 24.7 Å². The van der Waals surface area contributed by atoms with Gasteiger partial charge in [0.05, 0.1) is 11.1 Å². The molecule has 206 valence electrons. The molecule has 0 fully saturated rings. The molecule has 0 saturated heterocycles. The highest BCUT2D eigenvalue weighted by Gasteiger charge is 2.58. The normalized spacial score (nSPS) is 13.8. The molecule has 0 atom stereocenters. The Labute approximate surface area is 210 Å². The van der Waals surface area contributed by atoms with E-state index in [4.69, 9.17) is 8.74 Å². The fourth-order valence-corrected chi connectivity index (χ4v) is 8.06. The third-order valence-electron chi connectivity index (χ3n) is 4.93. The highest BCUT2D eigenvalue weighted by molar-refractivity contribution is 8.33. The summed E-state index contributed by atoms with van der Waals surface area (Å²) in [5, 5.41) is 3.18. The third-order valence-corrected chi connectivity index (χ3v) is 10.1. The van der Waals surface area contributed by atoms with Crippen LogP contribution in [0.5, 0.6) is 0 Å². The number of hydrogen-bond donors (Lipinski definition) is 1. The summed E-state index contributed by atoms with van der Waals surface area (Å²) >= 11 is 0. The minimum Gasteiger partial charge on any atom is -0.476 e. The van der Waals surface area contributed by atoms with Crippen LogP contribution in [0.25, 0.3) is 0 Å². The Morgan fingerprint density at radius 1 is 0.632 bits per heavy atom. The van der Waals surface area contributed by atoms with Crippen molar-refractivity contribution in [1.29, 1.82) is 0 Å². The lowest BCUT2D eigenvalue weighted by Gasteiger charge is -2.40. The van der Waals surface area contributed by atoms with E-state index in [9.17, 15) is 52.7 Å². The van der Waals surface area contributed by atoms with Gasteiger partial charge in [0, 0.05) is 14.7 Å². The quantitative estimate of drug-likeness (QED) is 0.297. The number of benzene rings is 3. The average Bonchev–Trinajstić information content (AvgIpc) is 2.82. The summed E-state index contributed by atoms with van der Waals surface area (Å²) in [5.74, 6) is -4.09. The SMILES string of the molecule is O=C(O)C(F)(F)S(=O)(=O)OS(c1ccc(F)cc1)(c1ccc(C(F)(F)F)cc1)c1ccc(C(F)(F)F)cc1. The fourth-order valence-electron chi connectivity index (χ4n) is 3.11. The summed E-state index contributed by atoms with van der Waals surface area (Å²) in [6, 6.07) is 7.27. The number of hydrogen-bond acceptors (Lipinski definition) is 4. The molecule has 3 aromatic rings. The largest absolute Gasteiger partial charge is 0.476 e. The van der Waals surface area contributed by atoms with Crippen LogP contribution in [0.3, 0.4) is 0 Å². The van der Waals surface area contributed by atoms with Gasteiger partial charge in [-0.1, -0.05) is 0 Å². The minimum atomic E-state index is -6.48. The van der Waals surface area contributed by atoms with E-state index in [1.807, 2.05) is 0 Å². The van der Waals surface area contributed by atoms with Crippen LogP contribution in [0.15, 0.2) is 87.5 Å². The number of carbonyl (C=O) groups is 1. The summed E-state index contributed by atoms with van der Waals surface area (Å²) in [5.41, 5.74) is -2.53. The summed E-state index contributed by atoms with van der Waals surface area (Å²) in [4.78, 5) is 9.41. The van der Waals surface area contributed by atoms with E-state index < -0.39 is 75.6 Å². The topological polar surface area (TPSA) is 80.7 Å². The maximum absolute atomic E-state index is 14.2. The molecular formula is C22H13F9O5S2. The third kappa shape index (κ3) is 5.47. The number of carboxylic acids is 1. The lowest BCUT2D eigenvalue weighted by Crippen LogP contribution is -2.39. The van der Waals surface area contributed by atoms with Crippen LogP contribution >= 0.6 is 10.3 Å². The maximum atomic E-state index is 14.2. The first kappa shape index (κ1) is 29.3. The van der Waals surface area contributed by atoms with Crippen molar-refractivity contribution >= 4 is 26.4 Å². The zero-order chi connectivity index (χ0) is 28.7. The van der Waals surface area contributed by atoms with E-state index in [1.165, 1.54) is 0 Å². The van der Waals surface area contributed by atoms with E-state index in [0.717, 1.165) is 12.1 Å². The van der Waals surface area contributed by atoms with E-state index >= 15 is 0 Å². The smallest absolute Gasteiger partial charge is 0.466 e. The summed E-state index contributed by atoms with van der Waals surface area (Å²) in [6.45, 7) is 0. The van der Waals surface area contributed by atoms with Crippen molar-refractivity contribution in [3.63, 3.8) is 0 Å². The molecule has 0 heterocycles. The summed E-state index contributed by atoms with van der Waals surface area (Å²) < 4.78 is 151. The van der Waals surface area contributed by atoms with Crippen molar-refractivity contribution in [2.24, 2.45) is 0 Å². The van der Waals surface area contributed by atoms with Crippen molar-refractivity contribution in [3.05, 3.63) is 89.7 Å². The predicted molar refractivity (Wildman–Crippen MR) is 114 cm³/mol. The molecular weight excluding hydrogens is 579 g/mol. The molecule has 1 N–H and O–H groups in total. The zero-order valence-electron chi connectivity index (χ0n) is 18.2. The molecule has 16 heteroatoms. The lowest BCUT2D eigenvalue weighted by atomic mass is 10.2. The van der Waals surface area contributed by atoms with Gasteiger partial charge in [-0.15, -0.1) is 0 Å². The molecule has 3 rings (SSSR count). The van der Waals surface area contributed by atoms with Crippen molar-refractivity contribution in [3.8, 4) is 0 Å². The van der Waals surface area contributed by atoms with Crippen LogP contribution in [0.2, 0.25) is 0 Å². The predicted octanol–water partition coefficient (Wildman–Crippen LogP) is 7.08. The summed E-state index contributed by atoms with van der Waals surface area (Å²) in [7, 11) is -10.8. The second-order valence-corrected chi connectivity index (χ2v) is 11.9. The van der Waals surface area contributed by atoms with E-state index in [-0.39, 0.29) is 0 Å². The van der Waals surface area contributed by atoms with Gasteiger partial charge in [-0.3, -0.25) is 0 Å². The molecule has 38 heavy (non-hydrogen) atoms. The first-order chi connectivity index (χ1) is 17.3. The first-order valence-electron chi connectivity index (χ1n) is 9.83. The van der Waals surface area contributed by atoms with E-state index in [1.54, 1.807) is 0 Å². The second kappa shape index (κ2) is 9.81. The monoisotopic (exact) mass is 592 g/mol. The maximum Gasteiger partial charge on any atom is 0.466 e. The molecule has 0 unspecified atom stereocenters. The van der Waals surface area contributed by atoms with Gasteiger partial charge in [0.15, 0.2) is 0 Å². The van der Waals surface area contributed by atoms with Crippen molar-refractivity contribution in [2.75, 3.05) is 0 Å². The van der Waals surface area contributed by atoms with Crippen LogP contribution < -0.4 is 0 Å². The Kier molecular flexibility index (Phi) is 7.57. The van der Waals surface area contributed by atoms with Gasteiger partial charge in [-0.25, -0.2) is 12.8 Å². The molecule has 0 aliphatic carbocycles. The van der Waals surface area contributed by atoms with Gasteiger partial charge >= 0.3 is 33.7 Å². The highest BCUT2D eigenvalue weighted by atomic mass is 32.3. The summed E-state index contributed by atoms with van der Waals surface area (Å²) in [6.07, 6.45) is -9.80. The zero-order valence-corrected chi connectivity index (χ0v) is 19.9. The van der Waals surface area contributed by atoms with Gasteiger partial charge in [0.1, 0.15) is 5.82 Å². The Balaban J connectivity index is 2.43. The number of rotatable bonds is 7. The van der Waals surface area contributed by atoms with Gasteiger partial charge in [0.2, 0.25) is 0 Å². The van der Waals surface area contributed by atoms with Gasteiger partial charge in [-0.2, -0.15) is 43.5 Å². The van der Waals surface area contributed by atoms with E-state index in [2.05, 4.69) is 0 Å². The van der Waals surface area contributed by atoms with Gasteiger partial charge < -0.3 is 5.11 Å². The number of halogens is 9. The first-order valence-corrected chi connectivity index (χ1v) is 12.8. The van der Waals surface area contributed by atoms with Crippen LogP contribution in [-0.2, 0) is 30.9 Å². The average molecular weight is 592 g/mol. The molecule has 0 aliphatic heterocycles. The Bertz CT molecular complexity index is 1360. The Morgan fingerprint density at radius 3 is 1.24 bits per heavy atom. The van der Waals surface area contributed by atoms with Gasteiger partial charge in [-0.05, 0) is 83.1 Å². The Hall–Kier alpha value is -3.24. The van der Waals surface area contributed by atoms with Gasteiger partial charge in [0.25, 0.3) is 0 Å². The Morgan fingerprint density at radius 2 is 0.947 bits per heavy atom. The number of aliphatic carboxylic acids is 1. The van der Waals surface area contributed by atoms with E-state index in [0.29, 0.717) is 60.7 Å². The molecule has 0 saturated carbocycles. The van der Waals surface area contributed by atoms with Crippen LogP contribution in [0.4, 0.5) is 39.5 Å².